The molecule has 2 amide bonds. The van der Waals surface area contributed by atoms with E-state index in [1.54, 1.807) is 0 Å². The summed E-state index contributed by atoms with van der Waals surface area (Å²) in [4.78, 5) is 23.1. The first-order chi connectivity index (χ1) is 12.1. The van der Waals surface area contributed by atoms with Crippen molar-refractivity contribution in [2.45, 2.75) is 58.2 Å². The van der Waals surface area contributed by atoms with Crippen LogP contribution in [0.25, 0.3) is 0 Å². The molecule has 0 radical (unpaired) electrons. The van der Waals surface area contributed by atoms with Gasteiger partial charge in [0.1, 0.15) is 0 Å². The van der Waals surface area contributed by atoms with Crippen LogP contribution in [0.15, 0.2) is 24.3 Å². The number of carboxylic acids is 1. The van der Waals surface area contributed by atoms with Gasteiger partial charge >= 0.3 is 12.0 Å². The summed E-state index contributed by atoms with van der Waals surface area (Å²) in [6.45, 7) is 3.79. The maximum Gasteiger partial charge on any atom is 0.315 e. The Balaban J connectivity index is 1.76. The summed E-state index contributed by atoms with van der Waals surface area (Å²) in [5.74, 6) is -0.999. The van der Waals surface area contributed by atoms with Gasteiger partial charge in [-0.25, -0.2) is 4.79 Å². The number of hydrogen-bond acceptors (Lipinski definition) is 3. The summed E-state index contributed by atoms with van der Waals surface area (Å²) in [6.07, 6.45) is 3.65. The summed E-state index contributed by atoms with van der Waals surface area (Å²) < 4.78 is 5.59. The van der Waals surface area contributed by atoms with Gasteiger partial charge in [0.2, 0.25) is 0 Å². The van der Waals surface area contributed by atoms with Gasteiger partial charge in [-0.3, -0.25) is 4.79 Å². The Bertz CT molecular complexity index is 568. The Hall–Kier alpha value is -2.08. The highest BCUT2D eigenvalue weighted by atomic mass is 16.5. The second-order valence-corrected chi connectivity index (χ2v) is 6.54. The van der Waals surface area contributed by atoms with E-state index < -0.39 is 5.97 Å². The van der Waals surface area contributed by atoms with Crippen LogP contribution in [0.2, 0.25) is 0 Å². The second-order valence-electron chi connectivity index (χ2n) is 6.54. The van der Waals surface area contributed by atoms with Crippen molar-refractivity contribution in [2.75, 3.05) is 6.61 Å². The molecule has 138 valence electrons. The number of amides is 2. The van der Waals surface area contributed by atoms with Crippen molar-refractivity contribution in [1.29, 1.82) is 0 Å². The molecule has 0 atom stereocenters. The zero-order chi connectivity index (χ0) is 18.1. The fraction of sp³-hybridized carbons (Fsp3) is 0.579. The van der Waals surface area contributed by atoms with E-state index in [2.05, 4.69) is 17.6 Å². The molecule has 1 aromatic rings. The number of carbonyl (C=O) groups excluding carboxylic acids is 1. The monoisotopic (exact) mass is 348 g/mol. The van der Waals surface area contributed by atoms with E-state index in [1.165, 1.54) is 0 Å². The van der Waals surface area contributed by atoms with Crippen LogP contribution in [0.5, 0.6) is 0 Å². The number of ether oxygens (including phenoxy) is 1. The Labute approximate surface area is 149 Å². The van der Waals surface area contributed by atoms with Gasteiger partial charge in [-0.1, -0.05) is 31.2 Å². The third-order valence-electron chi connectivity index (χ3n) is 4.58. The van der Waals surface area contributed by atoms with Gasteiger partial charge in [-0.05, 0) is 43.2 Å². The number of aliphatic carboxylic acids is 1. The SMILES string of the molecule is CCCOCc1ccccc1CNC(=O)NC1CCC(C(=O)O)CC1. The lowest BCUT2D eigenvalue weighted by Crippen LogP contribution is -2.44. The topological polar surface area (TPSA) is 87.7 Å². The van der Waals surface area contributed by atoms with Crippen molar-refractivity contribution in [3.05, 3.63) is 35.4 Å². The molecule has 3 N–H and O–H groups in total. The first-order valence-corrected chi connectivity index (χ1v) is 9.01. The maximum atomic E-state index is 12.1. The lowest BCUT2D eigenvalue weighted by Gasteiger charge is -2.26. The highest BCUT2D eigenvalue weighted by Crippen LogP contribution is 2.24. The Morgan fingerprint density at radius 2 is 1.84 bits per heavy atom. The average Bonchev–Trinajstić information content (AvgIpc) is 2.61. The van der Waals surface area contributed by atoms with Crippen LogP contribution < -0.4 is 10.6 Å². The minimum Gasteiger partial charge on any atom is -0.481 e. The summed E-state index contributed by atoms with van der Waals surface area (Å²) in [5, 5.41) is 14.8. The molecule has 25 heavy (non-hydrogen) atoms. The third-order valence-corrected chi connectivity index (χ3v) is 4.58. The van der Waals surface area contributed by atoms with Crippen molar-refractivity contribution in [3.63, 3.8) is 0 Å². The van der Waals surface area contributed by atoms with Gasteiger partial charge < -0.3 is 20.5 Å². The molecule has 6 nitrogen and oxygen atoms in total. The Morgan fingerprint density at radius 1 is 1.16 bits per heavy atom. The molecule has 1 aliphatic carbocycles. The van der Waals surface area contributed by atoms with Crippen molar-refractivity contribution >= 4 is 12.0 Å². The minimum absolute atomic E-state index is 0.0544. The van der Waals surface area contributed by atoms with Crippen molar-refractivity contribution in [1.82, 2.24) is 10.6 Å². The molecule has 1 saturated carbocycles. The molecule has 0 heterocycles. The molecule has 0 aliphatic heterocycles. The lowest BCUT2D eigenvalue weighted by molar-refractivity contribution is -0.142. The summed E-state index contributed by atoms with van der Waals surface area (Å²) in [5.41, 5.74) is 2.13. The van der Waals surface area contributed by atoms with Crippen LogP contribution in [-0.4, -0.2) is 29.8 Å². The van der Waals surface area contributed by atoms with E-state index in [-0.39, 0.29) is 18.0 Å². The van der Waals surface area contributed by atoms with Gasteiger partial charge in [0, 0.05) is 19.2 Å². The van der Waals surface area contributed by atoms with Gasteiger partial charge in [0.05, 0.1) is 12.5 Å². The van der Waals surface area contributed by atoms with Crippen molar-refractivity contribution in [3.8, 4) is 0 Å². The number of nitrogens with one attached hydrogen (secondary N) is 2. The largest absolute Gasteiger partial charge is 0.481 e. The highest BCUT2D eigenvalue weighted by molar-refractivity contribution is 5.74. The van der Waals surface area contributed by atoms with Crippen LogP contribution in [0.1, 0.15) is 50.2 Å². The quantitative estimate of drug-likeness (QED) is 0.630. The van der Waals surface area contributed by atoms with Gasteiger partial charge in [-0.15, -0.1) is 0 Å². The highest BCUT2D eigenvalue weighted by Gasteiger charge is 2.26. The van der Waals surface area contributed by atoms with Gasteiger partial charge in [0.15, 0.2) is 0 Å². The number of urea groups is 1. The van der Waals surface area contributed by atoms with E-state index >= 15 is 0 Å². The second kappa shape index (κ2) is 10.0. The maximum absolute atomic E-state index is 12.1. The molecular weight excluding hydrogens is 320 g/mol. The lowest BCUT2D eigenvalue weighted by atomic mass is 9.86. The van der Waals surface area contributed by atoms with E-state index in [0.717, 1.165) is 24.2 Å². The molecule has 6 heteroatoms. The van der Waals surface area contributed by atoms with Crippen LogP contribution >= 0.6 is 0 Å². The molecule has 1 fully saturated rings. The third kappa shape index (κ3) is 6.38. The fourth-order valence-corrected chi connectivity index (χ4v) is 3.09. The molecule has 0 aromatic heterocycles. The molecule has 0 saturated heterocycles. The van der Waals surface area contributed by atoms with Crippen molar-refractivity contribution < 1.29 is 19.4 Å². The van der Waals surface area contributed by atoms with E-state index in [1.807, 2.05) is 24.3 Å². The number of carboxylic acid groups (broad SMARTS) is 1. The van der Waals surface area contributed by atoms with E-state index in [9.17, 15) is 9.59 Å². The van der Waals surface area contributed by atoms with Crippen LogP contribution in [0, 0.1) is 5.92 Å². The standard InChI is InChI=1S/C19H28N2O4/c1-2-11-25-13-16-6-4-3-5-15(16)12-20-19(24)21-17-9-7-14(8-10-17)18(22)23/h3-6,14,17H,2,7-13H2,1H3,(H,22,23)(H2,20,21,24). The Morgan fingerprint density at radius 3 is 2.48 bits per heavy atom. The molecule has 0 bridgehead atoms. The Kier molecular flexibility index (Phi) is 7.73. The van der Waals surface area contributed by atoms with Gasteiger partial charge in [0.25, 0.3) is 0 Å². The normalized spacial score (nSPS) is 20.0. The molecule has 2 rings (SSSR count). The van der Waals surface area contributed by atoms with Crippen LogP contribution in [-0.2, 0) is 22.7 Å². The first-order valence-electron chi connectivity index (χ1n) is 9.01. The zero-order valence-electron chi connectivity index (χ0n) is 14.8. The van der Waals surface area contributed by atoms with E-state index in [4.69, 9.17) is 9.84 Å². The zero-order valence-corrected chi connectivity index (χ0v) is 14.8. The fourth-order valence-electron chi connectivity index (χ4n) is 3.09. The van der Waals surface area contributed by atoms with Crippen LogP contribution in [0.4, 0.5) is 4.79 Å². The number of hydrogen-bond donors (Lipinski definition) is 3. The first kappa shape index (κ1) is 19.2. The smallest absolute Gasteiger partial charge is 0.315 e. The molecular formula is C19H28N2O4. The summed E-state index contributed by atoms with van der Waals surface area (Å²) in [6, 6.07) is 7.77. The molecule has 1 aliphatic rings. The summed E-state index contributed by atoms with van der Waals surface area (Å²) >= 11 is 0. The molecule has 1 aromatic carbocycles. The number of carbonyl (C=O) groups is 2. The van der Waals surface area contributed by atoms with Crippen molar-refractivity contribution in [2.24, 2.45) is 5.92 Å². The average molecular weight is 348 g/mol. The predicted molar refractivity (Wildman–Crippen MR) is 95.1 cm³/mol. The number of rotatable bonds is 8. The summed E-state index contributed by atoms with van der Waals surface area (Å²) in [7, 11) is 0. The van der Waals surface area contributed by atoms with E-state index in [0.29, 0.717) is 38.8 Å². The van der Waals surface area contributed by atoms with Crippen LogP contribution in [0.3, 0.4) is 0 Å². The predicted octanol–water partition coefficient (Wildman–Crippen LogP) is 3.06. The molecule has 0 spiro atoms. The number of benzene rings is 1. The molecule has 0 unspecified atom stereocenters. The van der Waals surface area contributed by atoms with Gasteiger partial charge in [-0.2, -0.15) is 0 Å². The minimum atomic E-state index is -0.732.